The summed E-state index contributed by atoms with van der Waals surface area (Å²) in [7, 11) is 0. The highest BCUT2D eigenvalue weighted by Crippen LogP contribution is 2.38. The van der Waals surface area contributed by atoms with E-state index in [0.717, 1.165) is 6.42 Å². The Kier molecular flexibility index (Phi) is 2.89. The number of carbonyl (C=O) groups is 1. The molecule has 0 heterocycles. The topological polar surface area (TPSA) is 29.1 Å². The van der Waals surface area contributed by atoms with E-state index >= 15 is 0 Å². The van der Waals surface area contributed by atoms with Crippen molar-refractivity contribution in [3.05, 3.63) is 28.2 Å². The minimum atomic E-state index is 0.0703. The van der Waals surface area contributed by atoms with Crippen LogP contribution in [0.15, 0.2) is 18.2 Å². The Labute approximate surface area is 98.6 Å². The van der Waals surface area contributed by atoms with E-state index in [-0.39, 0.29) is 11.8 Å². The van der Waals surface area contributed by atoms with Gasteiger partial charge in [0.15, 0.2) is 0 Å². The van der Waals surface area contributed by atoms with Crippen LogP contribution < -0.4 is 5.32 Å². The van der Waals surface area contributed by atoms with Gasteiger partial charge in [-0.1, -0.05) is 30.1 Å². The Morgan fingerprint density at radius 3 is 2.60 bits per heavy atom. The van der Waals surface area contributed by atoms with Crippen molar-refractivity contribution >= 4 is 34.8 Å². The molecule has 1 aliphatic rings. The van der Waals surface area contributed by atoms with Crippen molar-refractivity contribution < 1.29 is 4.79 Å². The van der Waals surface area contributed by atoms with Gasteiger partial charge in [-0.05, 0) is 30.5 Å². The lowest BCUT2D eigenvalue weighted by Gasteiger charge is -2.05. The van der Waals surface area contributed by atoms with Crippen molar-refractivity contribution in [1.82, 2.24) is 0 Å². The second-order valence-corrected chi connectivity index (χ2v) is 4.75. The van der Waals surface area contributed by atoms with E-state index in [1.165, 1.54) is 0 Å². The van der Waals surface area contributed by atoms with Gasteiger partial charge < -0.3 is 5.32 Å². The SMILES string of the molecule is C[C@H]1C[C@@H]1C(=O)Nc1ccc(Cl)c(Cl)c1. The van der Waals surface area contributed by atoms with Crippen molar-refractivity contribution in [3.8, 4) is 0 Å². The lowest BCUT2D eigenvalue weighted by atomic mass is 10.3. The van der Waals surface area contributed by atoms with Gasteiger partial charge in [0.2, 0.25) is 5.91 Å². The zero-order valence-corrected chi connectivity index (χ0v) is 9.77. The summed E-state index contributed by atoms with van der Waals surface area (Å²) >= 11 is 11.6. The van der Waals surface area contributed by atoms with Gasteiger partial charge in [0, 0.05) is 11.6 Å². The lowest BCUT2D eigenvalue weighted by molar-refractivity contribution is -0.117. The fourth-order valence-corrected chi connectivity index (χ4v) is 1.79. The number of amides is 1. The van der Waals surface area contributed by atoms with Crippen molar-refractivity contribution in [2.24, 2.45) is 11.8 Å². The zero-order valence-electron chi connectivity index (χ0n) is 8.26. The molecule has 4 heteroatoms. The molecule has 1 aliphatic carbocycles. The van der Waals surface area contributed by atoms with E-state index in [1.807, 2.05) is 0 Å². The molecule has 0 aromatic heterocycles. The summed E-state index contributed by atoms with van der Waals surface area (Å²) in [5.74, 6) is 0.744. The van der Waals surface area contributed by atoms with Gasteiger partial charge in [-0.2, -0.15) is 0 Å². The smallest absolute Gasteiger partial charge is 0.227 e. The van der Waals surface area contributed by atoms with E-state index < -0.39 is 0 Å². The van der Waals surface area contributed by atoms with Crippen molar-refractivity contribution in [3.63, 3.8) is 0 Å². The molecular formula is C11H11Cl2NO. The summed E-state index contributed by atoms with van der Waals surface area (Å²) in [4.78, 5) is 11.6. The molecule has 2 rings (SSSR count). The second-order valence-electron chi connectivity index (χ2n) is 3.94. The number of halogens is 2. The van der Waals surface area contributed by atoms with Crippen LogP contribution in [0.5, 0.6) is 0 Å². The zero-order chi connectivity index (χ0) is 11.0. The van der Waals surface area contributed by atoms with Gasteiger partial charge in [0.1, 0.15) is 0 Å². The van der Waals surface area contributed by atoms with Gasteiger partial charge in [0.25, 0.3) is 0 Å². The van der Waals surface area contributed by atoms with E-state index in [9.17, 15) is 4.79 Å². The molecule has 0 unspecified atom stereocenters. The highest BCUT2D eigenvalue weighted by molar-refractivity contribution is 6.42. The highest BCUT2D eigenvalue weighted by Gasteiger charge is 2.39. The Morgan fingerprint density at radius 2 is 2.07 bits per heavy atom. The minimum absolute atomic E-state index is 0.0703. The van der Waals surface area contributed by atoms with Gasteiger partial charge in [0.05, 0.1) is 10.0 Å². The van der Waals surface area contributed by atoms with E-state index in [2.05, 4.69) is 12.2 Å². The molecule has 1 amide bonds. The maximum atomic E-state index is 11.6. The third-order valence-corrected chi connectivity index (χ3v) is 3.37. The van der Waals surface area contributed by atoms with Gasteiger partial charge in [-0.15, -0.1) is 0 Å². The average molecular weight is 244 g/mol. The van der Waals surface area contributed by atoms with Crippen LogP contribution in [-0.2, 0) is 4.79 Å². The molecule has 1 saturated carbocycles. The maximum Gasteiger partial charge on any atom is 0.227 e. The molecule has 0 saturated heterocycles. The Hall–Kier alpha value is -0.730. The summed E-state index contributed by atoms with van der Waals surface area (Å²) < 4.78 is 0. The number of benzene rings is 1. The summed E-state index contributed by atoms with van der Waals surface area (Å²) in [6.07, 6.45) is 0.979. The number of carbonyl (C=O) groups excluding carboxylic acids is 1. The third kappa shape index (κ3) is 2.44. The predicted octanol–water partition coefficient (Wildman–Crippen LogP) is 3.59. The van der Waals surface area contributed by atoms with Crippen LogP contribution >= 0.6 is 23.2 Å². The first-order chi connectivity index (χ1) is 7.08. The molecule has 1 N–H and O–H groups in total. The maximum absolute atomic E-state index is 11.6. The van der Waals surface area contributed by atoms with Crippen LogP contribution in [0.1, 0.15) is 13.3 Å². The quantitative estimate of drug-likeness (QED) is 0.846. The van der Waals surface area contributed by atoms with Crippen LogP contribution in [-0.4, -0.2) is 5.91 Å². The summed E-state index contributed by atoms with van der Waals surface area (Å²) in [6, 6.07) is 5.09. The number of rotatable bonds is 2. The number of nitrogens with one attached hydrogen (secondary N) is 1. The molecule has 1 aromatic carbocycles. The normalized spacial score (nSPS) is 23.7. The molecule has 1 aromatic rings. The third-order valence-electron chi connectivity index (χ3n) is 2.63. The van der Waals surface area contributed by atoms with Crippen LogP contribution in [0.4, 0.5) is 5.69 Å². The Morgan fingerprint density at radius 1 is 1.40 bits per heavy atom. The standard InChI is InChI=1S/C11H11Cl2NO/c1-6-4-8(6)11(15)14-7-2-3-9(12)10(13)5-7/h2-3,5-6,8H,4H2,1H3,(H,14,15)/t6-,8-/m0/s1. The van der Waals surface area contributed by atoms with Gasteiger partial charge in [-0.25, -0.2) is 0 Å². The number of anilines is 1. The summed E-state index contributed by atoms with van der Waals surface area (Å²) in [5, 5.41) is 3.77. The molecule has 15 heavy (non-hydrogen) atoms. The van der Waals surface area contributed by atoms with Crippen LogP contribution in [0.25, 0.3) is 0 Å². The lowest BCUT2D eigenvalue weighted by Crippen LogP contribution is -2.14. The largest absolute Gasteiger partial charge is 0.326 e. The van der Waals surface area contributed by atoms with Crippen LogP contribution in [0.2, 0.25) is 10.0 Å². The van der Waals surface area contributed by atoms with E-state index in [1.54, 1.807) is 18.2 Å². The van der Waals surface area contributed by atoms with Crippen LogP contribution in [0.3, 0.4) is 0 Å². The monoisotopic (exact) mass is 243 g/mol. The first-order valence-corrected chi connectivity index (χ1v) is 5.59. The molecule has 80 valence electrons. The first-order valence-electron chi connectivity index (χ1n) is 4.84. The molecule has 0 radical (unpaired) electrons. The molecule has 0 spiro atoms. The predicted molar refractivity (Wildman–Crippen MR) is 62.4 cm³/mol. The molecule has 0 bridgehead atoms. The number of hydrogen-bond donors (Lipinski definition) is 1. The molecule has 2 nitrogen and oxygen atoms in total. The molecule has 2 atom stereocenters. The first kappa shape index (κ1) is 10.8. The van der Waals surface area contributed by atoms with Gasteiger partial charge >= 0.3 is 0 Å². The summed E-state index contributed by atoms with van der Waals surface area (Å²) in [6.45, 7) is 2.07. The number of hydrogen-bond acceptors (Lipinski definition) is 1. The Balaban J connectivity index is 2.04. The second kappa shape index (κ2) is 4.03. The molecule has 0 aliphatic heterocycles. The van der Waals surface area contributed by atoms with Crippen molar-refractivity contribution in [1.29, 1.82) is 0 Å². The van der Waals surface area contributed by atoms with E-state index in [4.69, 9.17) is 23.2 Å². The summed E-state index contributed by atoms with van der Waals surface area (Å²) in [5.41, 5.74) is 0.702. The van der Waals surface area contributed by atoms with Crippen molar-refractivity contribution in [2.75, 3.05) is 5.32 Å². The fraction of sp³-hybridized carbons (Fsp3) is 0.364. The van der Waals surface area contributed by atoms with E-state index in [0.29, 0.717) is 21.7 Å². The molecular weight excluding hydrogens is 233 g/mol. The van der Waals surface area contributed by atoms with Crippen LogP contribution in [0, 0.1) is 11.8 Å². The average Bonchev–Trinajstić information content (AvgIpc) is 2.89. The fourth-order valence-electron chi connectivity index (χ4n) is 1.50. The molecule has 1 fully saturated rings. The van der Waals surface area contributed by atoms with Gasteiger partial charge in [-0.3, -0.25) is 4.79 Å². The van der Waals surface area contributed by atoms with Crippen molar-refractivity contribution in [2.45, 2.75) is 13.3 Å². The minimum Gasteiger partial charge on any atom is -0.326 e. The Bertz CT molecular complexity index is 406. The highest BCUT2D eigenvalue weighted by atomic mass is 35.5.